The van der Waals surface area contributed by atoms with Crippen molar-refractivity contribution in [2.45, 2.75) is 13.1 Å². The number of anilines is 3. The third kappa shape index (κ3) is 4.50. The molecular formula is C20H14ClF3N6. The van der Waals surface area contributed by atoms with E-state index in [9.17, 15) is 18.4 Å². The van der Waals surface area contributed by atoms with Crippen molar-refractivity contribution in [3.05, 3.63) is 70.2 Å². The van der Waals surface area contributed by atoms with Gasteiger partial charge in [-0.1, -0.05) is 29.8 Å². The number of halogens is 4. The third-order valence-corrected chi connectivity index (χ3v) is 4.44. The van der Waals surface area contributed by atoms with Gasteiger partial charge in [-0.3, -0.25) is 0 Å². The predicted molar refractivity (Wildman–Crippen MR) is 108 cm³/mol. The minimum absolute atomic E-state index is 0.00844. The SMILES string of the molecule is Cc1c(C#N)c(N)nc(Nc2ccccc2)c1N=Nc1cc(C(F)(F)F)ccc1Cl. The molecule has 0 aliphatic heterocycles. The van der Waals surface area contributed by atoms with E-state index >= 15 is 0 Å². The zero-order valence-corrected chi connectivity index (χ0v) is 16.3. The normalized spacial score (nSPS) is 11.5. The number of benzene rings is 2. The molecule has 6 nitrogen and oxygen atoms in total. The Kier molecular flexibility index (Phi) is 5.89. The van der Waals surface area contributed by atoms with E-state index in [2.05, 4.69) is 20.5 Å². The molecule has 0 aliphatic carbocycles. The number of pyridine rings is 1. The number of hydrogen-bond acceptors (Lipinski definition) is 6. The van der Waals surface area contributed by atoms with Crippen LogP contribution in [0.5, 0.6) is 0 Å². The molecule has 0 aliphatic rings. The molecule has 3 N–H and O–H groups in total. The van der Waals surface area contributed by atoms with E-state index < -0.39 is 11.7 Å². The number of nitrogens with one attached hydrogen (secondary N) is 1. The van der Waals surface area contributed by atoms with Crippen molar-refractivity contribution in [3.63, 3.8) is 0 Å². The van der Waals surface area contributed by atoms with Gasteiger partial charge in [0.2, 0.25) is 0 Å². The minimum atomic E-state index is -4.55. The molecule has 2 aromatic carbocycles. The lowest BCUT2D eigenvalue weighted by Gasteiger charge is -2.13. The molecule has 0 bridgehead atoms. The van der Waals surface area contributed by atoms with Crippen LogP contribution in [-0.4, -0.2) is 4.98 Å². The molecule has 0 fully saturated rings. The highest BCUT2D eigenvalue weighted by atomic mass is 35.5. The highest BCUT2D eigenvalue weighted by molar-refractivity contribution is 6.33. The molecule has 3 rings (SSSR count). The van der Waals surface area contributed by atoms with Crippen molar-refractivity contribution in [3.8, 4) is 6.07 Å². The molecule has 1 aromatic heterocycles. The standard InChI is InChI=1S/C20H14ClF3N6/c1-11-14(10-25)18(26)28-19(27-13-5-3-2-4-6-13)17(11)30-29-16-9-12(20(22,23)24)7-8-15(16)21/h2-9H,1H3,(H3,26,27,28). The molecule has 30 heavy (non-hydrogen) atoms. The number of para-hydroxylation sites is 1. The van der Waals surface area contributed by atoms with E-state index in [0.29, 0.717) is 11.3 Å². The average Bonchev–Trinajstić information content (AvgIpc) is 2.69. The van der Waals surface area contributed by atoms with Gasteiger partial charge in [0.25, 0.3) is 0 Å². The van der Waals surface area contributed by atoms with E-state index in [1.807, 2.05) is 12.1 Å². The summed E-state index contributed by atoms with van der Waals surface area (Å²) in [5.41, 5.74) is 6.06. The quantitative estimate of drug-likeness (QED) is 0.451. The highest BCUT2D eigenvalue weighted by Crippen LogP contribution is 2.38. The van der Waals surface area contributed by atoms with Crippen LogP contribution in [-0.2, 0) is 6.18 Å². The lowest BCUT2D eigenvalue weighted by atomic mass is 10.1. The average molecular weight is 431 g/mol. The van der Waals surface area contributed by atoms with Crippen molar-refractivity contribution in [1.29, 1.82) is 5.26 Å². The van der Waals surface area contributed by atoms with E-state index in [1.165, 1.54) is 0 Å². The summed E-state index contributed by atoms with van der Waals surface area (Å²) in [7, 11) is 0. The van der Waals surface area contributed by atoms with Crippen LogP contribution in [0.15, 0.2) is 58.8 Å². The Morgan fingerprint density at radius 2 is 1.83 bits per heavy atom. The van der Waals surface area contributed by atoms with Crippen LogP contribution in [0.2, 0.25) is 5.02 Å². The highest BCUT2D eigenvalue weighted by Gasteiger charge is 2.31. The fraction of sp³-hybridized carbons (Fsp3) is 0.100. The summed E-state index contributed by atoms with van der Waals surface area (Å²) < 4.78 is 39.0. The molecular weight excluding hydrogens is 417 g/mol. The summed E-state index contributed by atoms with van der Waals surface area (Å²) in [6.07, 6.45) is -4.55. The maximum absolute atomic E-state index is 13.0. The van der Waals surface area contributed by atoms with Crippen LogP contribution in [0.1, 0.15) is 16.7 Å². The largest absolute Gasteiger partial charge is 0.416 e. The van der Waals surface area contributed by atoms with Gasteiger partial charge in [-0.2, -0.15) is 18.4 Å². The van der Waals surface area contributed by atoms with Crippen molar-refractivity contribution in [2.24, 2.45) is 10.2 Å². The number of nitrogens with zero attached hydrogens (tertiary/aromatic N) is 4. The summed E-state index contributed by atoms with van der Waals surface area (Å²) in [6, 6.07) is 13.7. The fourth-order valence-corrected chi connectivity index (χ4v) is 2.75. The van der Waals surface area contributed by atoms with Crippen molar-refractivity contribution >= 4 is 40.3 Å². The number of nitrogen functional groups attached to an aromatic ring is 1. The summed E-state index contributed by atoms with van der Waals surface area (Å²) >= 11 is 5.98. The van der Waals surface area contributed by atoms with Gasteiger partial charge in [0, 0.05) is 11.3 Å². The summed E-state index contributed by atoms with van der Waals surface area (Å²) in [6.45, 7) is 1.59. The third-order valence-electron chi connectivity index (χ3n) is 4.12. The topological polar surface area (TPSA) is 99.5 Å². The number of nitriles is 1. The second-order valence-electron chi connectivity index (χ2n) is 6.16. The zero-order valence-electron chi connectivity index (χ0n) is 15.5. The lowest BCUT2D eigenvalue weighted by molar-refractivity contribution is -0.137. The monoisotopic (exact) mass is 430 g/mol. The summed E-state index contributed by atoms with van der Waals surface area (Å²) in [5, 5.41) is 20.3. The van der Waals surface area contributed by atoms with Crippen LogP contribution < -0.4 is 11.1 Å². The first-order valence-electron chi connectivity index (χ1n) is 8.51. The van der Waals surface area contributed by atoms with Gasteiger partial charge in [-0.25, -0.2) is 4.98 Å². The fourth-order valence-electron chi connectivity index (χ4n) is 2.60. The molecule has 0 spiro atoms. The first-order chi connectivity index (χ1) is 14.2. The van der Waals surface area contributed by atoms with E-state index in [4.69, 9.17) is 17.3 Å². The van der Waals surface area contributed by atoms with E-state index in [-0.39, 0.29) is 33.6 Å². The van der Waals surface area contributed by atoms with Gasteiger partial charge in [0.1, 0.15) is 23.3 Å². The molecule has 0 atom stereocenters. The van der Waals surface area contributed by atoms with Crippen LogP contribution in [0.25, 0.3) is 0 Å². The Bertz CT molecular complexity index is 1150. The number of azo groups is 1. The smallest absolute Gasteiger partial charge is 0.383 e. The van der Waals surface area contributed by atoms with Crippen molar-refractivity contribution in [1.82, 2.24) is 4.98 Å². The first kappa shape index (κ1) is 21.1. The van der Waals surface area contributed by atoms with Crippen LogP contribution in [0.4, 0.5) is 41.9 Å². The number of aromatic nitrogens is 1. The number of hydrogen-bond donors (Lipinski definition) is 2. The van der Waals surface area contributed by atoms with Crippen molar-refractivity contribution < 1.29 is 13.2 Å². The number of nitrogens with two attached hydrogens (primary N) is 1. The first-order valence-corrected chi connectivity index (χ1v) is 8.89. The van der Waals surface area contributed by atoms with E-state index in [0.717, 1.165) is 18.2 Å². The van der Waals surface area contributed by atoms with Gasteiger partial charge in [0.05, 0.1) is 16.1 Å². The second-order valence-corrected chi connectivity index (χ2v) is 6.57. The van der Waals surface area contributed by atoms with Crippen LogP contribution >= 0.6 is 11.6 Å². The predicted octanol–water partition coefficient (Wildman–Crippen LogP) is 6.68. The maximum atomic E-state index is 13.0. The molecule has 0 amide bonds. The molecule has 1 heterocycles. The van der Waals surface area contributed by atoms with Gasteiger partial charge >= 0.3 is 6.18 Å². The summed E-state index contributed by atoms with van der Waals surface area (Å²) in [4.78, 5) is 4.17. The number of rotatable bonds is 4. The Morgan fingerprint density at radius 3 is 2.47 bits per heavy atom. The molecule has 0 unspecified atom stereocenters. The maximum Gasteiger partial charge on any atom is 0.416 e. The Morgan fingerprint density at radius 1 is 1.13 bits per heavy atom. The molecule has 10 heteroatoms. The molecule has 3 aromatic rings. The lowest BCUT2D eigenvalue weighted by Crippen LogP contribution is -2.04. The minimum Gasteiger partial charge on any atom is -0.383 e. The van der Waals surface area contributed by atoms with Crippen LogP contribution in [0.3, 0.4) is 0 Å². The van der Waals surface area contributed by atoms with Crippen molar-refractivity contribution in [2.75, 3.05) is 11.1 Å². The Balaban J connectivity index is 2.10. The van der Waals surface area contributed by atoms with E-state index in [1.54, 1.807) is 31.2 Å². The van der Waals surface area contributed by atoms with Crippen LogP contribution in [0, 0.1) is 18.3 Å². The van der Waals surface area contributed by atoms with Gasteiger partial charge in [0.15, 0.2) is 5.82 Å². The Labute approximate surface area is 174 Å². The number of alkyl halides is 3. The van der Waals surface area contributed by atoms with Gasteiger partial charge in [-0.05, 0) is 37.3 Å². The Hall–Kier alpha value is -3.64. The van der Waals surface area contributed by atoms with Gasteiger partial charge < -0.3 is 11.1 Å². The molecule has 152 valence electrons. The molecule has 0 radical (unpaired) electrons. The zero-order chi connectivity index (χ0) is 21.9. The second kappa shape index (κ2) is 8.39. The molecule has 0 saturated carbocycles. The molecule has 0 saturated heterocycles. The van der Waals surface area contributed by atoms with Gasteiger partial charge in [-0.15, -0.1) is 10.2 Å². The summed E-state index contributed by atoms with van der Waals surface area (Å²) in [5.74, 6) is 0.187.